The van der Waals surface area contributed by atoms with E-state index in [1.807, 2.05) is 12.1 Å². The van der Waals surface area contributed by atoms with Crippen LogP contribution in [0.5, 0.6) is 0 Å². The molecule has 0 saturated heterocycles. The van der Waals surface area contributed by atoms with Gasteiger partial charge in [0.05, 0.1) is 12.7 Å². The summed E-state index contributed by atoms with van der Waals surface area (Å²) in [7, 11) is 1.38. The summed E-state index contributed by atoms with van der Waals surface area (Å²) < 4.78 is 4.78. The molecular formula is C16H17N3O2. The van der Waals surface area contributed by atoms with Crippen molar-refractivity contribution >= 4 is 17.5 Å². The lowest BCUT2D eigenvalue weighted by molar-refractivity contribution is 0.0600. The lowest BCUT2D eigenvalue weighted by Gasteiger charge is -2.23. The van der Waals surface area contributed by atoms with Crippen LogP contribution in [0, 0.1) is 0 Å². The summed E-state index contributed by atoms with van der Waals surface area (Å²) in [6, 6.07) is 11.7. The predicted octanol–water partition coefficient (Wildman–Crippen LogP) is 2.11. The average Bonchev–Trinajstić information content (AvgIpc) is 2.76. The number of carbonyl (C=O) groups is 1. The molecule has 108 valence electrons. The number of carbonyl (C=O) groups excluding carboxylic acids is 1. The Morgan fingerprint density at radius 1 is 1.33 bits per heavy atom. The summed E-state index contributed by atoms with van der Waals surface area (Å²) in [6.45, 7) is 2.50. The van der Waals surface area contributed by atoms with E-state index in [0.717, 1.165) is 31.1 Å². The lowest BCUT2D eigenvalue weighted by atomic mass is 10.1. The van der Waals surface area contributed by atoms with Crippen LogP contribution in [0.1, 0.15) is 15.9 Å². The zero-order valence-corrected chi connectivity index (χ0v) is 11.9. The van der Waals surface area contributed by atoms with Crippen LogP contribution < -0.4 is 10.2 Å². The molecule has 1 aliphatic rings. The fourth-order valence-electron chi connectivity index (χ4n) is 2.51. The highest BCUT2D eigenvalue weighted by atomic mass is 16.5. The van der Waals surface area contributed by atoms with Crippen molar-refractivity contribution in [3.8, 4) is 0 Å². The Morgan fingerprint density at radius 2 is 2.19 bits per heavy atom. The van der Waals surface area contributed by atoms with E-state index in [0.29, 0.717) is 5.56 Å². The molecule has 21 heavy (non-hydrogen) atoms. The summed E-state index contributed by atoms with van der Waals surface area (Å²) in [6.07, 6.45) is 1.64. The molecule has 0 amide bonds. The van der Waals surface area contributed by atoms with Crippen molar-refractivity contribution in [2.45, 2.75) is 6.54 Å². The molecule has 0 aliphatic carbocycles. The second-order valence-corrected chi connectivity index (χ2v) is 4.85. The predicted molar refractivity (Wildman–Crippen MR) is 80.7 cm³/mol. The molecule has 1 aliphatic heterocycles. The van der Waals surface area contributed by atoms with Crippen LogP contribution >= 0.6 is 0 Å². The van der Waals surface area contributed by atoms with Crippen molar-refractivity contribution in [3.05, 3.63) is 53.7 Å². The van der Waals surface area contributed by atoms with E-state index in [1.54, 1.807) is 18.3 Å². The van der Waals surface area contributed by atoms with Gasteiger partial charge in [-0.25, -0.2) is 9.78 Å². The topological polar surface area (TPSA) is 54.5 Å². The Labute approximate surface area is 123 Å². The zero-order valence-electron chi connectivity index (χ0n) is 11.9. The fraction of sp³-hybridized carbons (Fsp3) is 0.250. The highest BCUT2D eigenvalue weighted by Gasteiger charge is 2.18. The van der Waals surface area contributed by atoms with Gasteiger partial charge in [0.2, 0.25) is 0 Å². The number of benzene rings is 1. The molecule has 0 radical (unpaired) electrons. The maximum atomic E-state index is 11.7. The normalized spacial score (nSPS) is 14.2. The molecule has 0 spiro atoms. The van der Waals surface area contributed by atoms with Crippen LogP contribution in [-0.2, 0) is 11.3 Å². The number of fused-ring (bicyclic) bond motifs is 1. The molecule has 3 rings (SSSR count). The molecule has 5 heteroatoms. The van der Waals surface area contributed by atoms with Crippen molar-refractivity contribution in [2.75, 3.05) is 25.1 Å². The molecular weight excluding hydrogens is 266 g/mol. The highest BCUT2D eigenvalue weighted by molar-refractivity contribution is 5.90. The maximum absolute atomic E-state index is 11.7. The van der Waals surface area contributed by atoms with Gasteiger partial charge in [-0.05, 0) is 23.8 Å². The fourth-order valence-corrected chi connectivity index (χ4v) is 2.51. The molecule has 0 fully saturated rings. The van der Waals surface area contributed by atoms with Crippen LogP contribution in [0.15, 0.2) is 42.6 Å². The molecule has 2 heterocycles. The molecule has 2 aromatic rings. The Hall–Kier alpha value is -2.40. The van der Waals surface area contributed by atoms with Crippen molar-refractivity contribution in [1.82, 2.24) is 10.3 Å². The zero-order chi connectivity index (χ0) is 14.7. The molecule has 1 aromatic heterocycles. The van der Waals surface area contributed by atoms with E-state index < -0.39 is 0 Å². The first-order valence-corrected chi connectivity index (χ1v) is 6.90. The number of hydrogen-bond acceptors (Lipinski definition) is 5. The van der Waals surface area contributed by atoms with Crippen molar-refractivity contribution in [2.24, 2.45) is 0 Å². The third-order valence-corrected chi connectivity index (χ3v) is 3.55. The number of aromatic nitrogens is 1. The standard InChI is InChI=1S/C16H17N3O2/c1-21-16(20)12-6-7-18-15(10-12)19-9-8-17-11-13-4-2-3-5-14(13)19/h2-7,10,17H,8-9,11H2,1H3. The summed E-state index contributed by atoms with van der Waals surface area (Å²) in [5.74, 6) is 0.411. The first kappa shape index (κ1) is 13.6. The van der Waals surface area contributed by atoms with Gasteiger partial charge in [-0.15, -0.1) is 0 Å². The summed E-state index contributed by atoms with van der Waals surface area (Å²) in [4.78, 5) is 18.2. The number of esters is 1. The number of nitrogens with one attached hydrogen (secondary N) is 1. The molecule has 0 atom stereocenters. The quantitative estimate of drug-likeness (QED) is 0.856. The van der Waals surface area contributed by atoms with Gasteiger partial charge < -0.3 is 15.0 Å². The third-order valence-electron chi connectivity index (χ3n) is 3.55. The van der Waals surface area contributed by atoms with Crippen LogP contribution in [-0.4, -0.2) is 31.2 Å². The molecule has 0 unspecified atom stereocenters. The highest BCUT2D eigenvalue weighted by Crippen LogP contribution is 2.28. The number of hydrogen-bond donors (Lipinski definition) is 1. The minimum Gasteiger partial charge on any atom is -0.465 e. The number of para-hydroxylation sites is 1. The third kappa shape index (κ3) is 2.73. The van der Waals surface area contributed by atoms with Gasteiger partial charge >= 0.3 is 5.97 Å². The first-order valence-electron chi connectivity index (χ1n) is 6.90. The Bertz CT molecular complexity index is 657. The number of anilines is 2. The van der Waals surface area contributed by atoms with Gasteiger partial charge in [0.25, 0.3) is 0 Å². The van der Waals surface area contributed by atoms with Gasteiger partial charge in [0, 0.05) is 31.5 Å². The summed E-state index contributed by atoms with van der Waals surface area (Å²) in [5.41, 5.74) is 2.86. The monoisotopic (exact) mass is 283 g/mol. The second-order valence-electron chi connectivity index (χ2n) is 4.85. The number of pyridine rings is 1. The summed E-state index contributed by atoms with van der Waals surface area (Å²) in [5, 5.41) is 3.39. The van der Waals surface area contributed by atoms with Crippen molar-refractivity contribution in [1.29, 1.82) is 0 Å². The minimum absolute atomic E-state index is 0.347. The molecule has 1 N–H and O–H groups in total. The largest absolute Gasteiger partial charge is 0.465 e. The number of nitrogens with zero attached hydrogens (tertiary/aromatic N) is 2. The van der Waals surface area contributed by atoms with Crippen LogP contribution in [0.2, 0.25) is 0 Å². The molecule has 0 saturated carbocycles. The van der Waals surface area contributed by atoms with Gasteiger partial charge in [0.15, 0.2) is 0 Å². The Balaban J connectivity index is 2.02. The van der Waals surface area contributed by atoms with Crippen LogP contribution in [0.3, 0.4) is 0 Å². The van der Waals surface area contributed by atoms with E-state index in [9.17, 15) is 4.79 Å². The van der Waals surface area contributed by atoms with E-state index in [4.69, 9.17) is 4.74 Å². The van der Waals surface area contributed by atoms with E-state index >= 15 is 0 Å². The minimum atomic E-state index is -0.347. The molecule has 5 nitrogen and oxygen atoms in total. The van der Waals surface area contributed by atoms with E-state index in [2.05, 4.69) is 27.3 Å². The number of rotatable bonds is 2. The van der Waals surface area contributed by atoms with Crippen LogP contribution in [0.25, 0.3) is 0 Å². The van der Waals surface area contributed by atoms with E-state index in [1.165, 1.54) is 12.7 Å². The summed E-state index contributed by atoms with van der Waals surface area (Å²) >= 11 is 0. The Morgan fingerprint density at radius 3 is 3.05 bits per heavy atom. The van der Waals surface area contributed by atoms with Crippen molar-refractivity contribution < 1.29 is 9.53 Å². The van der Waals surface area contributed by atoms with E-state index in [-0.39, 0.29) is 5.97 Å². The number of ether oxygens (including phenoxy) is 1. The average molecular weight is 283 g/mol. The number of methoxy groups -OCH3 is 1. The van der Waals surface area contributed by atoms with Crippen molar-refractivity contribution in [3.63, 3.8) is 0 Å². The maximum Gasteiger partial charge on any atom is 0.338 e. The second kappa shape index (κ2) is 5.93. The molecule has 1 aromatic carbocycles. The lowest BCUT2D eigenvalue weighted by Crippen LogP contribution is -2.25. The van der Waals surface area contributed by atoms with Crippen LogP contribution in [0.4, 0.5) is 11.5 Å². The Kier molecular flexibility index (Phi) is 3.83. The van der Waals surface area contributed by atoms with Gasteiger partial charge in [-0.2, -0.15) is 0 Å². The van der Waals surface area contributed by atoms with Gasteiger partial charge in [0.1, 0.15) is 5.82 Å². The molecule has 0 bridgehead atoms. The smallest absolute Gasteiger partial charge is 0.338 e. The SMILES string of the molecule is COC(=O)c1ccnc(N2CCNCc3ccccc32)c1. The van der Waals surface area contributed by atoms with Gasteiger partial charge in [-0.3, -0.25) is 0 Å². The van der Waals surface area contributed by atoms with Gasteiger partial charge in [-0.1, -0.05) is 18.2 Å². The first-order chi connectivity index (χ1) is 10.3.